The van der Waals surface area contributed by atoms with E-state index < -0.39 is 6.10 Å². The maximum atomic E-state index is 9.36. The molecule has 0 spiro atoms. The van der Waals surface area contributed by atoms with Crippen molar-refractivity contribution < 1.29 is 10.2 Å². The summed E-state index contributed by atoms with van der Waals surface area (Å²) >= 11 is 1.58. The van der Waals surface area contributed by atoms with Crippen molar-refractivity contribution in [1.82, 2.24) is 5.32 Å². The average Bonchev–Trinajstić information content (AvgIpc) is 2.34. The molecule has 0 aliphatic carbocycles. The fraction of sp³-hybridized carbons (Fsp3) is 0.600. The summed E-state index contributed by atoms with van der Waals surface area (Å²) in [4.78, 5) is 1.16. The van der Waals surface area contributed by atoms with Crippen LogP contribution in [0.1, 0.15) is 31.9 Å². The van der Waals surface area contributed by atoms with Crippen LogP contribution in [0, 0.1) is 6.92 Å². The molecule has 1 aromatic rings. The molecule has 1 atom stereocenters. The molecule has 0 amide bonds. The zero-order chi connectivity index (χ0) is 14.5. The van der Waals surface area contributed by atoms with Gasteiger partial charge in [0.15, 0.2) is 0 Å². The molecule has 0 heterocycles. The van der Waals surface area contributed by atoms with E-state index in [9.17, 15) is 5.11 Å². The first-order valence-corrected chi connectivity index (χ1v) is 7.56. The van der Waals surface area contributed by atoms with Gasteiger partial charge < -0.3 is 15.5 Å². The minimum absolute atomic E-state index is 0.118. The third-order valence-electron chi connectivity index (χ3n) is 2.70. The zero-order valence-corrected chi connectivity index (χ0v) is 13.0. The van der Waals surface area contributed by atoms with E-state index in [1.807, 2.05) is 0 Å². The van der Waals surface area contributed by atoms with Crippen molar-refractivity contribution in [3.05, 3.63) is 29.3 Å². The number of rotatable bonds is 6. The number of hydrogen-bond donors (Lipinski definition) is 3. The largest absolute Gasteiger partial charge is 0.394 e. The Labute approximate surface area is 120 Å². The molecule has 1 aromatic carbocycles. The molecule has 108 valence electrons. The highest BCUT2D eigenvalue weighted by Crippen LogP contribution is 2.24. The Hall–Kier alpha value is -0.550. The van der Waals surface area contributed by atoms with Crippen molar-refractivity contribution in [2.24, 2.45) is 0 Å². The molecule has 0 aromatic heterocycles. The Bertz CT molecular complexity index is 402. The van der Waals surface area contributed by atoms with Crippen molar-refractivity contribution in [2.45, 2.75) is 50.8 Å². The number of aryl methyl sites for hydroxylation is 1. The van der Waals surface area contributed by atoms with Gasteiger partial charge in [-0.3, -0.25) is 0 Å². The molecule has 19 heavy (non-hydrogen) atoms. The van der Waals surface area contributed by atoms with Gasteiger partial charge in [0.05, 0.1) is 12.7 Å². The van der Waals surface area contributed by atoms with E-state index in [0.717, 1.165) is 11.4 Å². The van der Waals surface area contributed by atoms with Gasteiger partial charge in [0.1, 0.15) is 0 Å². The fourth-order valence-corrected chi connectivity index (χ4v) is 2.52. The summed E-state index contributed by atoms with van der Waals surface area (Å²) in [6.45, 7) is 9.21. The maximum absolute atomic E-state index is 9.36. The summed E-state index contributed by atoms with van der Waals surface area (Å²) in [7, 11) is 0. The van der Waals surface area contributed by atoms with Crippen LogP contribution in [0.3, 0.4) is 0 Å². The molecule has 3 N–H and O–H groups in total. The Kier molecular flexibility index (Phi) is 6.33. The summed E-state index contributed by atoms with van der Waals surface area (Å²) < 4.78 is 0. The Morgan fingerprint density at radius 2 is 2.00 bits per heavy atom. The molecule has 1 rings (SSSR count). The molecule has 0 bridgehead atoms. The summed E-state index contributed by atoms with van der Waals surface area (Å²) in [6.07, 6.45) is -0.647. The lowest BCUT2D eigenvalue weighted by molar-refractivity contribution is 0.113. The second kappa shape index (κ2) is 7.29. The van der Waals surface area contributed by atoms with Crippen molar-refractivity contribution in [1.29, 1.82) is 0 Å². The standard InChI is InChI=1S/C15H25NO2S/c1-11-7-12(8-16-15(2,3)4)5-6-14(11)19-10-13(18)9-17/h5-7,13,16-18H,8-10H2,1-4H3. The first kappa shape index (κ1) is 16.5. The van der Waals surface area contributed by atoms with E-state index in [1.165, 1.54) is 11.1 Å². The molecule has 3 nitrogen and oxygen atoms in total. The summed E-state index contributed by atoms with van der Waals surface area (Å²) in [5, 5.41) is 21.6. The second-order valence-electron chi connectivity index (χ2n) is 5.85. The highest BCUT2D eigenvalue weighted by atomic mass is 32.2. The normalized spacial score (nSPS) is 13.6. The molecular weight excluding hydrogens is 258 g/mol. The fourth-order valence-electron chi connectivity index (χ4n) is 1.59. The summed E-state index contributed by atoms with van der Waals surface area (Å²) in [5.74, 6) is 0.525. The molecule has 0 fully saturated rings. The molecule has 0 saturated heterocycles. The topological polar surface area (TPSA) is 52.5 Å². The predicted molar refractivity (Wildman–Crippen MR) is 81.6 cm³/mol. The van der Waals surface area contributed by atoms with Crippen molar-refractivity contribution in [2.75, 3.05) is 12.4 Å². The third kappa shape index (κ3) is 6.43. The number of thioether (sulfide) groups is 1. The van der Waals surface area contributed by atoms with Gasteiger partial charge >= 0.3 is 0 Å². The molecule has 0 aliphatic heterocycles. The van der Waals surface area contributed by atoms with Crippen LogP contribution in [0.15, 0.2) is 23.1 Å². The molecule has 0 radical (unpaired) electrons. The van der Waals surface area contributed by atoms with Gasteiger partial charge in [0, 0.05) is 22.7 Å². The van der Waals surface area contributed by atoms with E-state index in [-0.39, 0.29) is 12.1 Å². The van der Waals surface area contributed by atoms with E-state index in [4.69, 9.17) is 5.11 Å². The van der Waals surface area contributed by atoms with E-state index in [1.54, 1.807) is 11.8 Å². The van der Waals surface area contributed by atoms with Crippen LogP contribution < -0.4 is 5.32 Å². The van der Waals surface area contributed by atoms with Gasteiger partial charge in [-0.05, 0) is 44.9 Å². The molecule has 0 aliphatic rings. The molecule has 4 heteroatoms. The molecule has 0 saturated carbocycles. The van der Waals surface area contributed by atoms with Crippen LogP contribution in [0.5, 0.6) is 0 Å². The lowest BCUT2D eigenvalue weighted by atomic mass is 10.1. The first-order valence-electron chi connectivity index (χ1n) is 6.58. The highest BCUT2D eigenvalue weighted by molar-refractivity contribution is 7.99. The van der Waals surface area contributed by atoms with Crippen LogP contribution in [0.4, 0.5) is 0 Å². The van der Waals surface area contributed by atoms with Crippen LogP contribution >= 0.6 is 11.8 Å². The van der Waals surface area contributed by atoms with Gasteiger partial charge in [-0.2, -0.15) is 0 Å². The van der Waals surface area contributed by atoms with E-state index in [0.29, 0.717) is 5.75 Å². The molecule has 1 unspecified atom stereocenters. The smallest absolute Gasteiger partial charge is 0.0864 e. The monoisotopic (exact) mass is 283 g/mol. The lowest BCUT2D eigenvalue weighted by Crippen LogP contribution is -2.35. The van der Waals surface area contributed by atoms with E-state index in [2.05, 4.69) is 51.2 Å². The first-order chi connectivity index (χ1) is 8.81. The predicted octanol–water partition coefficient (Wildman–Crippen LogP) is 2.33. The number of aliphatic hydroxyl groups is 2. The third-order valence-corrected chi connectivity index (χ3v) is 4.02. The van der Waals surface area contributed by atoms with Gasteiger partial charge in [-0.1, -0.05) is 12.1 Å². The highest BCUT2D eigenvalue weighted by Gasteiger charge is 2.09. The van der Waals surface area contributed by atoms with Crippen LogP contribution in [-0.4, -0.2) is 34.2 Å². The number of nitrogens with one attached hydrogen (secondary N) is 1. The van der Waals surface area contributed by atoms with Crippen molar-refractivity contribution in [3.63, 3.8) is 0 Å². The summed E-state index contributed by atoms with van der Waals surface area (Å²) in [5.41, 5.74) is 2.59. The van der Waals surface area contributed by atoms with Crippen LogP contribution in [0.25, 0.3) is 0 Å². The minimum atomic E-state index is -0.647. The van der Waals surface area contributed by atoms with E-state index >= 15 is 0 Å². The maximum Gasteiger partial charge on any atom is 0.0864 e. The second-order valence-corrected chi connectivity index (χ2v) is 6.91. The number of aliphatic hydroxyl groups excluding tert-OH is 2. The SMILES string of the molecule is Cc1cc(CNC(C)(C)C)ccc1SCC(O)CO. The number of hydrogen-bond acceptors (Lipinski definition) is 4. The van der Waals surface area contributed by atoms with Gasteiger partial charge in [-0.15, -0.1) is 11.8 Å². The van der Waals surface area contributed by atoms with Gasteiger partial charge in [-0.25, -0.2) is 0 Å². The van der Waals surface area contributed by atoms with Gasteiger partial charge in [0.2, 0.25) is 0 Å². The van der Waals surface area contributed by atoms with Crippen LogP contribution in [-0.2, 0) is 6.54 Å². The lowest BCUT2D eigenvalue weighted by Gasteiger charge is -2.21. The minimum Gasteiger partial charge on any atom is -0.394 e. The van der Waals surface area contributed by atoms with Crippen LogP contribution in [0.2, 0.25) is 0 Å². The Morgan fingerprint density at radius 3 is 2.53 bits per heavy atom. The number of benzene rings is 1. The Morgan fingerprint density at radius 1 is 1.32 bits per heavy atom. The summed E-state index contributed by atoms with van der Waals surface area (Å²) in [6, 6.07) is 6.37. The Balaban J connectivity index is 2.59. The van der Waals surface area contributed by atoms with Crippen molar-refractivity contribution >= 4 is 11.8 Å². The van der Waals surface area contributed by atoms with Crippen molar-refractivity contribution in [3.8, 4) is 0 Å². The quantitative estimate of drug-likeness (QED) is 0.701. The van der Waals surface area contributed by atoms with Gasteiger partial charge in [0.25, 0.3) is 0 Å². The average molecular weight is 283 g/mol. The zero-order valence-electron chi connectivity index (χ0n) is 12.2. The molecular formula is C15H25NO2S.